The molecule has 3 nitrogen and oxygen atoms in total. The van der Waals surface area contributed by atoms with E-state index in [2.05, 4.69) is 31.9 Å². The predicted octanol–water partition coefficient (Wildman–Crippen LogP) is 5.10. The summed E-state index contributed by atoms with van der Waals surface area (Å²) < 4.78 is 13.2. The van der Waals surface area contributed by atoms with Crippen LogP contribution in [0.25, 0.3) is 0 Å². The first-order chi connectivity index (χ1) is 9.31. The van der Waals surface area contributed by atoms with Gasteiger partial charge in [-0.2, -0.15) is 0 Å². The number of aromatic hydroxyl groups is 2. The molecule has 2 aromatic rings. The molecule has 0 aliphatic rings. The molecule has 0 spiro atoms. The van der Waals surface area contributed by atoms with Crippen molar-refractivity contribution >= 4 is 65.9 Å². The zero-order chi connectivity index (χ0) is 15.0. The molecule has 0 unspecified atom stereocenters. The van der Waals surface area contributed by atoms with Crippen molar-refractivity contribution in [1.82, 2.24) is 0 Å². The summed E-state index contributed by atoms with van der Waals surface area (Å²) in [5.74, 6) is -0.411. The third kappa shape index (κ3) is 3.14. The highest BCUT2D eigenvalue weighted by atomic mass is 79.9. The van der Waals surface area contributed by atoms with Crippen molar-refractivity contribution in [3.05, 3.63) is 43.3 Å². The van der Waals surface area contributed by atoms with Gasteiger partial charge in [-0.15, -0.1) is 0 Å². The Morgan fingerprint density at radius 2 is 1.20 bits per heavy atom. The molecule has 20 heavy (non-hydrogen) atoms. The van der Waals surface area contributed by atoms with Crippen molar-refractivity contribution in [2.75, 3.05) is 0 Å². The number of rotatable bonds is 2. The average molecular weight is 461 g/mol. The zero-order valence-corrected chi connectivity index (χ0v) is 15.0. The SMILES string of the molecule is O=S(c1cc(Cl)cc(Br)c1O)c1cc(Cl)cc(Br)c1O. The lowest BCUT2D eigenvalue weighted by Gasteiger charge is -2.10. The molecule has 0 fully saturated rings. The second-order valence-corrected chi connectivity index (χ2v) is 7.74. The van der Waals surface area contributed by atoms with Gasteiger partial charge < -0.3 is 10.2 Å². The molecule has 0 saturated heterocycles. The van der Waals surface area contributed by atoms with Gasteiger partial charge in [-0.05, 0) is 56.1 Å². The van der Waals surface area contributed by atoms with E-state index in [-0.39, 0.29) is 21.3 Å². The number of halogens is 4. The van der Waals surface area contributed by atoms with Gasteiger partial charge >= 0.3 is 0 Å². The normalized spacial score (nSPS) is 11.1. The molecule has 0 atom stereocenters. The summed E-state index contributed by atoms with van der Waals surface area (Å²) in [6.45, 7) is 0. The van der Waals surface area contributed by atoms with Crippen molar-refractivity contribution in [2.45, 2.75) is 9.79 Å². The molecule has 0 radical (unpaired) electrons. The minimum Gasteiger partial charge on any atom is -0.505 e. The van der Waals surface area contributed by atoms with Crippen molar-refractivity contribution in [3.63, 3.8) is 0 Å². The fraction of sp³-hybridized carbons (Fsp3) is 0. The topological polar surface area (TPSA) is 57.5 Å². The van der Waals surface area contributed by atoms with E-state index >= 15 is 0 Å². The summed E-state index contributed by atoms with van der Waals surface area (Å²) in [5, 5.41) is 20.5. The number of phenols is 2. The van der Waals surface area contributed by atoms with E-state index in [0.29, 0.717) is 19.0 Å². The first-order valence-corrected chi connectivity index (χ1v) is 8.58. The van der Waals surface area contributed by atoms with Gasteiger partial charge in [0.1, 0.15) is 11.5 Å². The van der Waals surface area contributed by atoms with E-state index in [1.54, 1.807) is 0 Å². The minimum absolute atomic E-state index is 0.0776. The van der Waals surface area contributed by atoms with Crippen molar-refractivity contribution < 1.29 is 14.4 Å². The quantitative estimate of drug-likeness (QED) is 0.655. The summed E-state index contributed by atoms with van der Waals surface area (Å²) in [7, 11) is -1.84. The lowest BCUT2D eigenvalue weighted by Crippen LogP contribution is -1.95. The van der Waals surface area contributed by atoms with Crippen LogP contribution >= 0.6 is 55.1 Å². The number of hydrogen-bond acceptors (Lipinski definition) is 3. The Morgan fingerprint density at radius 3 is 1.55 bits per heavy atom. The highest BCUT2D eigenvalue weighted by molar-refractivity contribution is 9.11. The van der Waals surface area contributed by atoms with E-state index in [4.69, 9.17) is 23.2 Å². The van der Waals surface area contributed by atoms with Crippen LogP contribution in [0.2, 0.25) is 10.0 Å². The van der Waals surface area contributed by atoms with E-state index in [0.717, 1.165) is 0 Å². The Balaban J connectivity index is 2.64. The Bertz CT molecular complexity index is 663. The lowest BCUT2D eigenvalue weighted by molar-refractivity contribution is 0.454. The Kier molecular flexibility index (Phi) is 5.02. The summed E-state index contributed by atoms with van der Waals surface area (Å²) in [6.07, 6.45) is 0. The van der Waals surface area contributed by atoms with Crippen molar-refractivity contribution in [1.29, 1.82) is 0 Å². The molecular formula is C12H6Br2Cl2O3S. The largest absolute Gasteiger partial charge is 0.505 e. The van der Waals surface area contributed by atoms with Crippen LogP contribution < -0.4 is 0 Å². The molecular weight excluding hydrogens is 455 g/mol. The van der Waals surface area contributed by atoms with Gasteiger partial charge in [0.05, 0.1) is 29.5 Å². The standard InChI is InChI=1S/C12H6Br2Cl2O3S/c13-7-1-5(15)3-9(11(7)17)20(19)10-4-6(16)2-8(14)12(10)18/h1-4,17-18H. The van der Waals surface area contributed by atoms with E-state index in [9.17, 15) is 14.4 Å². The van der Waals surface area contributed by atoms with E-state index < -0.39 is 10.8 Å². The van der Waals surface area contributed by atoms with Gasteiger partial charge in [0.25, 0.3) is 0 Å². The second kappa shape index (κ2) is 6.23. The van der Waals surface area contributed by atoms with E-state index in [1.807, 2.05) is 0 Å². The van der Waals surface area contributed by atoms with Gasteiger partial charge in [-0.25, -0.2) is 4.21 Å². The van der Waals surface area contributed by atoms with Crippen LogP contribution in [0.3, 0.4) is 0 Å². The van der Waals surface area contributed by atoms with Crippen LogP contribution in [0, 0.1) is 0 Å². The zero-order valence-electron chi connectivity index (χ0n) is 9.53. The van der Waals surface area contributed by atoms with Crippen LogP contribution in [0.5, 0.6) is 11.5 Å². The van der Waals surface area contributed by atoms with Crippen LogP contribution in [-0.4, -0.2) is 14.4 Å². The summed E-state index contributed by atoms with van der Waals surface area (Å²) >= 11 is 18.0. The molecule has 0 bridgehead atoms. The third-order valence-electron chi connectivity index (χ3n) is 2.39. The van der Waals surface area contributed by atoms with Gasteiger partial charge in [-0.3, -0.25) is 0 Å². The molecule has 0 amide bonds. The average Bonchev–Trinajstić information content (AvgIpc) is 2.37. The molecule has 0 saturated carbocycles. The second-order valence-electron chi connectivity index (χ2n) is 3.74. The molecule has 0 aliphatic carbocycles. The highest BCUT2D eigenvalue weighted by Crippen LogP contribution is 2.40. The summed E-state index contributed by atoms with van der Waals surface area (Å²) in [6, 6.07) is 5.69. The Morgan fingerprint density at radius 1 is 0.850 bits per heavy atom. The molecule has 2 N–H and O–H groups in total. The van der Waals surface area contributed by atoms with Crippen LogP contribution in [-0.2, 0) is 10.8 Å². The van der Waals surface area contributed by atoms with Gasteiger partial charge in [0.2, 0.25) is 0 Å². The number of benzene rings is 2. The molecule has 8 heteroatoms. The van der Waals surface area contributed by atoms with Crippen LogP contribution in [0.4, 0.5) is 0 Å². The van der Waals surface area contributed by atoms with Gasteiger partial charge in [0.15, 0.2) is 0 Å². The molecule has 0 heterocycles. The van der Waals surface area contributed by atoms with Gasteiger partial charge in [-0.1, -0.05) is 23.2 Å². The predicted molar refractivity (Wildman–Crippen MR) is 86.3 cm³/mol. The van der Waals surface area contributed by atoms with Crippen LogP contribution in [0.15, 0.2) is 43.0 Å². The number of phenolic OH excluding ortho intramolecular Hbond substituents is 2. The lowest BCUT2D eigenvalue weighted by atomic mass is 10.3. The maximum atomic E-state index is 12.5. The molecule has 0 aliphatic heterocycles. The van der Waals surface area contributed by atoms with Crippen molar-refractivity contribution in [3.8, 4) is 11.5 Å². The molecule has 2 aromatic carbocycles. The fourth-order valence-electron chi connectivity index (χ4n) is 1.49. The third-order valence-corrected chi connectivity index (χ3v) is 5.45. The monoisotopic (exact) mass is 458 g/mol. The van der Waals surface area contributed by atoms with Crippen molar-refractivity contribution in [2.24, 2.45) is 0 Å². The molecule has 2 rings (SSSR count). The number of hydrogen-bond donors (Lipinski definition) is 2. The Labute approximate surface area is 144 Å². The summed E-state index contributed by atoms with van der Waals surface area (Å²) in [4.78, 5) is 0.155. The van der Waals surface area contributed by atoms with Gasteiger partial charge in [0, 0.05) is 10.0 Å². The highest BCUT2D eigenvalue weighted by Gasteiger charge is 2.20. The maximum absolute atomic E-state index is 12.5. The molecule has 106 valence electrons. The van der Waals surface area contributed by atoms with E-state index in [1.165, 1.54) is 24.3 Å². The maximum Gasteiger partial charge on any atom is 0.146 e. The molecule has 0 aromatic heterocycles. The smallest absolute Gasteiger partial charge is 0.146 e. The fourth-order valence-corrected chi connectivity index (χ4v) is 4.77. The Hall–Kier alpha value is -0.270. The first kappa shape index (κ1) is 16.1. The first-order valence-electron chi connectivity index (χ1n) is 5.09. The van der Waals surface area contributed by atoms with Crippen LogP contribution in [0.1, 0.15) is 0 Å². The minimum atomic E-state index is -1.84. The summed E-state index contributed by atoms with van der Waals surface area (Å²) in [5.41, 5.74) is 0.